The van der Waals surface area contributed by atoms with Crippen LogP contribution in [-0.2, 0) is 11.2 Å². The smallest absolute Gasteiger partial charge is 0.256 e. The molecule has 1 aromatic carbocycles. The Bertz CT molecular complexity index is 614. The van der Waals surface area contributed by atoms with E-state index < -0.39 is 5.91 Å². The van der Waals surface area contributed by atoms with Gasteiger partial charge in [-0.2, -0.15) is 0 Å². The second kappa shape index (κ2) is 3.81. The number of rotatable bonds is 2. The van der Waals surface area contributed by atoms with Crippen molar-refractivity contribution in [3.05, 3.63) is 45.9 Å². The fraction of sp³-hybridized carbons (Fsp3) is 0.167. The third-order valence-electron chi connectivity index (χ3n) is 2.61. The first kappa shape index (κ1) is 10.4. The van der Waals surface area contributed by atoms with E-state index in [1.165, 1.54) is 0 Å². The van der Waals surface area contributed by atoms with Gasteiger partial charge in [0.15, 0.2) is 0 Å². The summed E-state index contributed by atoms with van der Waals surface area (Å²) in [4.78, 5) is 25.3. The predicted molar refractivity (Wildman–Crippen MR) is 62.2 cm³/mol. The molecule has 0 bridgehead atoms. The maximum atomic E-state index is 11.7. The molecule has 0 radical (unpaired) electrons. The van der Waals surface area contributed by atoms with Crippen LogP contribution in [0, 0.1) is 6.92 Å². The molecule has 0 aliphatic heterocycles. The highest BCUT2D eigenvalue weighted by molar-refractivity contribution is 5.91. The van der Waals surface area contributed by atoms with Crippen LogP contribution in [0.5, 0.6) is 0 Å². The number of nitrogens with one attached hydrogen (secondary N) is 1. The Morgan fingerprint density at radius 2 is 2.12 bits per heavy atom. The molecular formula is C12H12N2O2. The van der Waals surface area contributed by atoms with Crippen LogP contribution in [0.2, 0.25) is 0 Å². The second-order valence-electron chi connectivity index (χ2n) is 3.78. The molecule has 1 aromatic heterocycles. The Morgan fingerprint density at radius 1 is 1.38 bits per heavy atom. The van der Waals surface area contributed by atoms with Crippen molar-refractivity contribution in [2.24, 2.45) is 5.73 Å². The lowest BCUT2D eigenvalue weighted by atomic mass is 10.00. The first-order valence-corrected chi connectivity index (χ1v) is 4.98. The molecule has 0 fully saturated rings. The number of H-pyrrole nitrogens is 1. The first-order valence-electron chi connectivity index (χ1n) is 4.98. The third-order valence-corrected chi connectivity index (χ3v) is 2.61. The number of hydrogen-bond donors (Lipinski definition) is 2. The highest BCUT2D eigenvalue weighted by Gasteiger charge is 2.08. The molecule has 0 aliphatic carbocycles. The molecule has 0 atom stereocenters. The van der Waals surface area contributed by atoms with E-state index in [1.54, 1.807) is 12.3 Å². The lowest BCUT2D eigenvalue weighted by Crippen LogP contribution is -2.16. The molecule has 1 heterocycles. The molecule has 82 valence electrons. The van der Waals surface area contributed by atoms with Crippen LogP contribution in [0.4, 0.5) is 0 Å². The predicted octanol–water partition coefficient (Wildman–Crippen LogP) is 0.864. The SMILES string of the molecule is Cc1ccc(CC(N)=O)c2c(=O)[nH]ccc12. The molecule has 1 amide bonds. The van der Waals surface area contributed by atoms with Gasteiger partial charge in [-0.15, -0.1) is 0 Å². The topological polar surface area (TPSA) is 76.0 Å². The van der Waals surface area contributed by atoms with Crippen molar-refractivity contribution in [2.75, 3.05) is 0 Å². The third kappa shape index (κ3) is 1.69. The van der Waals surface area contributed by atoms with E-state index in [0.717, 1.165) is 10.9 Å². The molecule has 0 spiro atoms. The zero-order chi connectivity index (χ0) is 11.7. The number of primary amides is 1. The molecule has 3 N–H and O–H groups in total. The van der Waals surface area contributed by atoms with Gasteiger partial charge < -0.3 is 10.7 Å². The van der Waals surface area contributed by atoms with E-state index in [-0.39, 0.29) is 12.0 Å². The van der Waals surface area contributed by atoms with Gasteiger partial charge >= 0.3 is 0 Å². The Labute approximate surface area is 92.1 Å². The summed E-state index contributed by atoms with van der Waals surface area (Å²) in [5, 5.41) is 1.42. The van der Waals surface area contributed by atoms with Gasteiger partial charge in [0.25, 0.3) is 5.56 Å². The Kier molecular flexibility index (Phi) is 2.48. The molecule has 2 rings (SSSR count). The Balaban J connectivity index is 2.81. The number of aromatic amines is 1. The number of hydrogen-bond acceptors (Lipinski definition) is 2. The number of aromatic nitrogens is 1. The van der Waals surface area contributed by atoms with Crippen molar-refractivity contribution >= 4 is 16.7 Å². The Hall–Kier alpha value is -2.10. The van der Waals surface area contributed by atoms with E-state index in [2.05, 4.69) is 4.98 Å². The molecule has 0 aliphatic rings. The van der Waals surface area contributed by atoms with Crippen LogP contribution in [0.15, 0.2) is 29.2 Å². The average Bonchev–Trinajstić information content (AvgIpc) is 2.22. The summed E-state index contributed by atoms with van der Waals surface area (Å²) in [6, 6.07) is 5.49. The number of fused-ring (bicyclic) bond motifs is 1. The summed E-state index contributed by atoms with van der Waals surface area (Å²) in [5.41, 5.74) is 6.65. The minimum absolute atomic E-state index is 0.0872. The molecule has 0 saturated heterocycles. The molecule has 16 heavy (non-hydrogen) atoms. The van der Waals surface area contributed by atoms with Crippen LogP contribution in [-0.4, -0.2) is 10.9 Å². The highest BCUT2D eigenvalue weighted by atomic mass is 16.1. The number of amides is 1. The van der Waals surface area contributed by atoms with Crippen molar-refractivity contribution in [3.8, 4) is 0 Å². The van der Waals surface area contributed by atoms with Crippen molar-refractivity contribution in [2.45, 2.75) is 13.3 Å². The van der Waals surface area contributed by atoms with Crippen LogP contribution >= 0.6 is 0 Å². The quantitative estimate of drug-likeness (QED) is 0.781. The minimum Gasteiger partial charge on any atom is -0.369 e. The summed E-state index contributed by atoms with van der Waals surface area (Å²) in [6.45, 7) is 1.93. The Morgan fingerprint density at radius 3 is 2.81 bits per heavy atom. The summed E-state index contributed by atoms with van der Waals surface area (Å²) < 4.78 is 0. The van der Waals surface area contributed by atoms with Gasteiger partial charge in [0.2, 0.25) is 5.91 Å². The number of pyridine rings is 1. The van der Waals surface area contributed by atoms with Crippen molar-refractivity contribution in [1.82, 2.24) is 4.98 Å². The summed E-state index contributed by atoms with van der Waals surface area (Å²) in [6.07, 6.45) is 1.69. The van der Waals surface area contributed by atoms with Gasteiger partial charge in [0.1, 0.15) is 0 Å². The number of benzene rings is 1. The molecule has 4 nitrogen and oxygen atoms in total. The minimum atomic E-state index is -0.437. The largest absolute Gasteiger partial charge is 0.369 e. The fourth-order valence-electron chi connectivity index (χ4n) is 1.86. The van der Waals surface area contributed by atoms with Crippen LogP contribution in [0.3, 0.4) is 0 Å². The molecule has 4 heteroatoms. The molecule has 0 unspecified atom stereocenters. The maximum absolute atomic E-state index is 11.7. The lowest BCUT2D eigenvalue weighted by molar-refractivity contribution is -0.117. The van der Waals surface area contributed by atoms with Crippen LogP contribution in [0.25, 0.3) is 10.8 Å². The van der Waals surface area contributed by atoms with Crippen molar-refractivity contribution in [3.63, 3.8) is 0 Å². The van der Waals surface area contributed by atoms with Gasteiger partial charge in [0, 0.05) is 6.20 Å². The van der Waals surface area contributed by atoms with E-state index in [4.69, 9.17) is 5.73 Å². The van der Waals surface area contributed by atoms with Crippen molar-refractivity contribution in [1.29, 1.82) is 0 Å². The standard InChI is InChI=1S/C12H12N2O2/c1-7-2-3-8(6-10(13)15)11-9(7)4-5-14-12(11)16/h2-5H,6H2,1H3,(H2,13,15)(H,14,16). The second-order valence-corrected chi connectivity index (χ2v) is 3.78. The maximum Gasteiger partial charge on any atom is 0.256 e. The van der Waals surface area contributed by atoms with Gasteiger partial charge in [0.05, 0.1) is 11.8 Å². The van der Waals surface area contributed by atoms with Gasteiger partial charge in [-0.25, -0.2) is 0 Å². The zero-order valence-corrected chi connectivity index (χ0v) is 8.91. The van der Waals surface area contributed by atoms with E-state index in [1.807, 2.05) is 19.1 Å². The van der Waals surface area contributed by atoms with E-state index in [9.17, 15) is 9.59 Å². The van der Waals surface area contributed by atoms with Gasteiger partial charge in [-0.3, -0.25) is 9.59 Å². The van der Waals surface area contributed by atoms with E-state index in [0.29, 0.717) is 10.9 Å². The monoisotopic (exact) mass is 216 g/mol. The number of aryl methyl sites for hydroxylation is 1. The summed E-state index contributed by atoms with van der Waals surface area (Å²) in [7, 11) is 0. The average molecular weight is 216 g/mol. The molecule has 0 saturated carbocycles. The lowest BCUT2D eigenvalue weighted by Gasteiger charge is -2.06. The van der Waals surface area contributed by atoms with Crippen LogP contribution in [0.1, 0.15) is 11.1 Å². The van der Waals surface area contributed by atoms with Crippen LogP contribution < -0.4 is 11.3 Å². The summed E-state index contributed by atoms with van der Waals surface area (Å²) in [5.74, 6) is -0.437. The van der Waals surface area contributed by atoms with Gasteiger partial charge in [-0.05, 0) is 29.5 Å². The molecule has 2 aromatic rings. The highest BCUT2D eigenvalue weighted by Crippen LogP contribution is 2.18. The number of carbonyl (C=O) groups is 1. The van der Waals surface area contributed by atoms with Crippen molar-refractivity contribution < 1.29 is 4.79 Å². The number of nitrogens with two attached hydrogens (primary N) is 1. The fourth-order valence-corrected chi connectivity index (χ4v) is 1.86. The zero-order valence-electron chi connectivity index (χ0n) is 8.91. The van der Waals surface area contributed by atoms with E-state index >= 15 is 0 Å². The molecular weight excluding hydrogens is 204 g/mol. The summed E-state index contributed by atoms with van der Waals surface area (Å²) >= 11 is 0. The number of carbonyl (C=O) groups excluding carboxylic acids is 1. The normalized spacial score (nSPS) is 10.6. The first-order chi connectivity index (χ1) is 7.59. The van der Waals surface area contributed by atoms with Gasteiger partial charge in [-0.1, -0.05) is 12.1 Å².